The van der Waals surface area contributed by atoms with Crippen molar-refractivity contribution < 1.29 is 4.74 Å². The van der Waals surface area contributed by atoms with Crippen molar-refractivity contribution in [3.63, 3.8) is 0 Å². The molecule has 3 heteroatoms. The Kier molecular flexibility index (Phi) is 4.13. The first-order valence-electron chi connectivity index (χ1n) is 6.02. The lowest BCUT2D eigenvalue weighted by atomic mass is 9.95. The Balaban J connectivity index is 1.94. The van der Waals surface area contributed by atoms with Gasteiger partial charge in [-0.25, -0.2) is 0 Å². The van der Waals surface area contributed by atoms with Crippen molar-refractivity contribution in [1.82, 2.24) is 4.90 Å². The van der Waals surface area contributed by atoms with Gasteiger partial charge in [0, 0.05) is 20.2 Å². The standard InChI is InChI=1S/C14H18N2O/c1-17-14-11-16(8-7-13(14)9-15)10-12-5-3-2-4-6-12/h2-6,13-14H,7-8,10-11H2,1H3/t13-,14+/m1/s1. The monoisotopic (exact) mass is 230 g/mol. The van der Waals surface area contributed by atoms with Gasteiger partial charge >= 0.3 is 0 Å². The van der Waals surface area contributed by atoms with Crippen LogP contribution in [0.1, 0.15) is 12.0 Å². The molecule has 1 fully saturated rings. The number of hydrogen-bond acceptors (Lipinski definition) is 3. The molecule has 2 atom stereocenters. The molecular weight excluding hydrogens is 212 g/mol. The van der Waals surface area contributed by atoms with Gasteiger partial charge in [0.2, 0.25) is 0 Å². The molecule has 0 aromatic heterocycles. The molecule has 1 aliphatic heterocycles. The molecule has 0 unspecified atom stereocenters. The zero-order chi connectivity index (χ0) is 12.1. The smallest absolute Gasteiger partial charge is 0.0856 e. The molecular formula is C14H18N2O. The van der Waals surface area contributed by atoms with Crippen LogP contribution in [0.3, 0.4) is 0 Å². The molecule has 1 saturated heterocycles. The van der Waals surface area contributed by atoms with E-state index in [2.05, 4.69) is 35.2 Å². The maximum Gasteiger partial charge on any atom is 0.0856 e. The van der Waals surface area contributed by atoms with Crippen molar-refractivity contribution in [1.29, 1.82) is 5.26 Å². The van der Waals surface area contributed by atoms with E-state index in [1.807, 2.05) is 6.07 Å². The maximum atomic E-state index is 9.02. The van der Waals surface area contributed by atoms with Crippen LogP contribution in [0.4, 0.5) is 0 Å². The molecule has 0 aliphatic carbocycles. The number of nitrogens with zero attached hydrogens (tertiary/aromatic N) is 2. The second-order valence-electron chi connectivity index (χ2n) is 4.52. The van der Waals surface area contributed by atoms with Crippen molar-refractivity contribution in [3.8, 4) is 6.07 Å². The Hall–Kier alpha value is -1.37. The third-order valence-electron chi connectivity index (χ3n) is 3.36. The molecule has 1 aliphatic rings. The number of piperidine rings is 1. The summed E-state index contributed by atoms with van der Waals surface area (Å²) in [4.78, 5) is 2.36. The maximum absolute atomic E-state index is 9.02. The summed E-state index contributed by atoms with van der Waals surface area (Å²) in [6.45, 7) is 2.77. The summed E-state index contributed by atoms with van der Waals surface area (Å²) in [5.74, 6) is 0.0482. The van der Waals surface area contributed by atoms with Crippen LogP contribution >= 0.6 is 0 Å². The minimum Gasteiger partial charge on any atom is -0.379 e. The van der Waals surface area contributed by atoms with E-state index in [1.165, 1.54) is 5.56 Å². The summed E-state index contributed by atoms with van der Waals surface area (Å²) in [5, 5.41) is 9.02. The number of nitriles is 1. The number of ether oxygens (including phenoxy) is 1. The molecule has 0 amide bonds. The number of methoxy groups -OCH3 is 1. The lowest BCUT2D eigenvalue weighted by Crippen LogP contribution is -2.43. The average Bonchev–Trinajstić information content (AvgIpc) is 2.40. The fourth-order valence-corrected chi connectivity index (χ4v) is 2.35. The van der Waals surface area contributed by atoms with Crippen LogP contribution < -0.4 is 0 Å². The SMILES string of the molecule is CO[C@H]1CN(Cc2ccccc2)CC[C@@H]1C#N. The largest absolute Gasteiger partial charge is 0.379 e. The highest BCUT2D eigenvalue weighted by atomic mass is 16.5. The van der Waals surface area contributed by atoms with Crippen LogP contribution in [0.2, 0.25) is 0 Å². The summed E-state index contributed by atoms with van der Waals surface area (Å²) < 4.78 is 5.40. The Labute approximate surface area is 103 Å². The van der Waals surface area contributed by atoms with Crippen molar-refractivity contribution in [3.05, 3.63) is 35.9 Å². The Morgan fingerprint density at radius 3 is 2.82 bits per heavy atom. The van der Waals surface area contributed by atoms with Gasteiger partial charge in [0.25, 0.3) is 0 Å². The Bertz CT molecular complexity index is 385. The van der Waals surface area contributed by atoms with E-state index in [4.69, 9.17) is 10.00 Å². The molecule has 1 aromatic carbocycles. The minimum absolute atomic E-state index is 0.0482. The normalized spacial score (nSPS) is 25.4. The highest BCUT2D eigenvalue weighted by Gasteiger charge is 2.28. The van der Waals surface area contributed by atoms with E-state index in [0.29, 0.717) is 0 Å². The van der Waals surface area contributed by atoms with E-state index in [-0.39, 0.29) is 12.0 Å². The second-order valence-corrected chi connectivity index (χ2v) is 4.52. The Morgan fingerprint density at radius 2 is 2.18 bits per heavy atom. The summed E-state index contributed by atoms with van der Waals surface area (Å²) in [5.41, 5.74) is 1.32. The second kappa shape index (κ2) is 5.81. The molecule has 0 radical (unpaired) electrons. The summed E-state index contributed by atoms with van der Waals surface area (Å²) in [6.07, 6.45) is 0.958. The first kappa shape index (κ1) is 12.1. The Morgan fingerprint density at radius 1 is 1.41 bits per heavy atom. The molecule has 1 aromatic rings. The van der Waals surface area contributed by atoms with E-state index >= 15 is 0 Å². The van der Waals surface area contributed by atoms with Gasteiger partial charge in [-0.3, -0.25) is 4.90 Å². The molecule has 3 nitrogen and oxygen atoms in total. The van der Waals surface area contributed by atoms with Crippen LogP contribution in [0.25, 0.3) is 0 Å². The fraction of sp³-hybridized carbons (Fsp3) is 0.500. The minimum atomic E-state index is 0.0482. The zero-order valence-corrected chi connectivity index (χ0v) is 10.2. The van der Waals surface area contributed by atoms with Gasteiger partial charge in [-0.1, -0.05) is 30.3 Å². The van der Waals surface area contributed by atoms with Gasteiger partial charge < -0.3 is 4.74 Å². The van der Waals surface area contributed by atoms with E-state index in [9.17, 15) is 0 Å². The molecule has 2 rings (SSSR count). The highest BCUT2D eigenvalue weighted by molar-refractivity contribution is 5.14. The first-order chi connectivity index (χ1) is 8.33. The molecule has 1 heterocycles. The van der Waals surface area contributed by atoms with Crippen LogP contribution in [0, 0.1) is 17.2 Å². The lowest BCUT2D eigenvalue weighted by Gasteiger charge is -2.34. The topological polar surface area (TPSA) is 36.3 Å². The fourth-order valence-electron chi connectivity index (χ4n) is 2.35. The van der Waals surface area contributed by atoms with Crippen molar-refractivity contribution in [2.75, 3.05) is 20.2 Å². The van der Waals surface area contributed by atoms with Crippen LogP contribution in [0.5, 0.6) is 0 Å². The third-order valence-corrected chi connectivity index (χ3v) is 3.36. The van der Waals surface area contributed by atoms with Gasteiger partial charge in [0.05, 0.1) is 18.1 Å². The predicted octanol–water partition coefficient (Wildman–Crippen LogP) is 2.05. The number of benzene rings is 1. The van der Waals surface area contributed by atoms with Crippen LogP contribution in [-0.2, 0) is 11.3 Å². The van der Waals surface area contributed by atoms with Gasteiger partial charge in [-0.15, -0.1) is 0 Å². The lowest BCUT2D eigenvalue weighted by molar-refractivity contribution is 0.00418. The summed E-state index contributed by atoms with van der Waals surface area (Å²) >= 11 is 0. The summed E-state index contributed by atoms with van der Waals surface area (Å²) in [7, 11) is 1.70. The van der Waals surface area contributed by atoms with E-state index in [0.717, 1.165) is 26.1 Å². The van der Waals surface area contributed by atoms with Crippen LogP contribution in [-0.4, -0.2) is 31.2 Å². The van der Waals surface area contributed by atoms with E-state index < -0.39 is 0 Å². The first-order valence-corrected chi connectivity index (χ1v) is 6.02. The molecule has 0 bridgehead atoms. The van der Waals surface area contributed by atoms with Gasteiger partial charge in [-0.05, 0) is 18.5 Å². The van der Waals surface area contributed by atoms with E-state index in [1.54, 1.807) is 7.11 Å². The molecule has 0 spiro atoms. The molecule has 0 N–H and O–H groups in total. The molecule has 90 valence electrons. The van der Waals surface area contributed by atoms with Crippen molar-refractivity contribution in [2.24, 2.45) is 5.92 Å². The van der Waals surface area contributed by atoms with Crippen molar-refractivity contribution in [2.45, 2.75) is 19.1 Å². The van der Waals surface area contributed by atoms with Crippen LogP contribution in [0.15, 0.2) is 30.3 Å². The summed E-state index contributed by atoms with van der Waals surface area (Å²) in [6, 6.07) is 12.8. The number of likely N-dealkylation sites (tertiary alicyclic amines) is 1. The third kappa shape index (κ3) is 3.06. The van der Waals surface area contributed by atoms with Crippen molar-refractivity contribution >= 4 is 0 Å². The van der Waals surface area contributed by atoms with Gasteiger partial charge in [0.1, 0.15) is 0 Å². The average molecular weight is 230 g/mol. The molecule has 0 saturated carbocycles. The predicted molar refractivity (Wildman–Crippen MR) is 66.2 cm³/mol. The zero-order valence-electron chi connectivity index (χ0n) is 10.2. The van der Waals surface area contributed by atoms with Gasteiger partial charge in [-0.2, -0.15) is 5.26 Å². The highest BCUT2D eigenvalue weighted by Crippen LogP contribution is 2.20. The van der Waals surface area contributed by atoms with Gasteiger partial charge in [0.15, 0.2) is 0 Å². The molecule has 17 heavy (non-hydrogen) atoms. The number of rotatable bonds is 3. The number of hydrogen-bond donors (Lipinski definition) is 0. The quantitative estimate of drug-likeness (QED) is 0.797.